The average molecular weight is 360 g/mol. The SMILES string of the molecule is CC(C)n1cnnc1SCC(=O)NC(=O)c1ccc(C(C)(C)C)cc1. The van der Waals surface area contributed by atoms with Crippen LogP contribution in [0.15, 0.2) is 35.7 Å². The van der Waals surface area contributed by atoms with Crippen molar-refractivity contribution >= 4 is 23.6 Å². The summed E-state index contributed by atoms with van der Waals surface area (Å²) in [7, 11) is 0. The fourth-order valence-corrected chi connectivity index (χ4v) is 3.02. The lowest BCUT2D eigenvalue weighted by molar-refractivity contribution is -0.117. The summed E-state index contributed by atoms with van der Waals surface area (Å²) in [5.41, 5.74) is 1.63. The molecule has 6 nitrogen and oxygen atoms in total. The first-order valence-electron chi connectivity index (χ1n) is 8.15. The predicted molar refractivity (Wildman–Crippen MR) is 98.7 cm³/mol. The summed E-state index contributed by atoms with van der Waals surface area (Å²) in [4.78, 5) is 24.2. The lowest BCUT2D eigenvalue weighted by Crippen LogP contribution is -2.32. The Bertz CT molecular complexity index is 745. The van der Waals surface area contributed by atoms with E-state index in [1.165, 1.54) is 11.8 Å². The molecule has 0 saturated carbocycles. The molecular weight excluding hydrogens is 336 g/mol. The van der Waals surface area contributed by atoms with Crippen LogP contribution < -0.4 is 5.32 Å². The van der Waals surface area contributed by atoms with E-state index >= 15 is 0 Å². The van der Waals surface area contributed by atoms with E-state index in [9.17, 15) is 9.59 Å². The van der Waals surface area contributed by atoms with Crippen molar-refractivity contribution in [1.29, 1.82) is 0 Å². The van der Waals surface area contributed by atoms with E-state index in [1.807, 2.05) is 30.5 Å². The van der Waals surface area contributed by atoms with Crippen LogP contribution in [-0.4, -0.2) is 32.3 Å². The van der Waals surface area contributed by atoms with E-state index < -0.39 is 5.91 Å². The van der Waals surface area contributed by atoms with Crippen LogP contribution in [-0.2, 0) is 10.2 Å². The second-order valence-electron chi connectivity index (χ2n) is 7.11. The molecule has 2 rings (SSSR count). The van der Waals surface area contributed by atoms with Crippen LogP contribution in [0, 0.1) is 0 Å². The van der Waals surface area contributed by atoms with E-state index in [2.05, 4.69) is 36.3 Å². The number of nitrogens with one attached hydrogen (secondary N) is 1. The standard InChI is InChI=1S/C18H24N4O2S/c1-12(2)22-11-19-21-17(22)25-10-15(23)20-16(24)13-6-8-14(9-7-13)18(3,4)5/h6-9,11-12H,10H2,1-5H3,(H,20,23,24). The highest BCUT2D eigenvalue weighted by atomic mass is 32.2. The van der Waals surface area contributed by atoms with Gasteiger partial charge in [0.2, 0.25) is 5.91 Å². The Labute approximate surface area is 152 Å². The molecule has 1 aromatic heterocycles. The fraction of sp³-hybridized carbons (Fsp3) is 0.444. The molecule has 2 amide bonds. The molecule has 134 valence electrons. The van der Waals surface area contributed by atoms with E-state index in [4.69, 9.17) is 0 Å². The molecule has 0 aliphatic carbocycles. The maximum absolute atomic E-state index is 12.2. The number of hydrogen-bond acceptors (Lipinski definition) is 5. The van der Waals surface area contributed by atoms with Gasteiger partial charge in [0.15, 0.2) is 5.16 Å². The van der Waals surface area contributed by atoms with Crippen molar-refractivity contribution in [1.82, 2.24) is 20.1 Å². The Kier molecular flexibility index (Phi) is 6.00. The third-order valence-electron chi connectivity index (χ3n) is 3.69. The van der Waals surface area contributed by atoms with Crippen molar-refractivity contribution in [2.24, 2.45) is 0 Å². The molecule has 7 heteroatoms. The lowest BCUT2D eigenvalue weighted by atomic mass is 9.87. The summed E-state index contributed by atoms with van der Waals surface area (Å²) in [6.45, 7) is 10.4. The molecule has 1 aromatic carbocycles. The van der Waals surface area contributed by atoms with Gasteiger partial charge in [0.1, 0.15) is 6.33 Å². The van der Waals surface area contributed by atoms with E-state index in [0.29, 0.717) is 10.7 Å². The van der Waals surface area contributed by atoms with Gasteiger partial charge in [-0.15, -0.1) is 10.2 Å². The third kappa shape index (κ3) is 5.16. The van der Waals surface area contributed by atoms with Crippen molar-refractivity contribution in [2.45, 2.75) is 51.2 Å². The summed E-state index contributed by atoms with van der Waals surface area (Å²) in [5, 5.41) is 10.9. The summed E-state index contributed by atoms with van der Waals surface area (Å²) < 4.78 is 1.88. The van der Waals surface area contributed by atoms with Crippen LogP contribution in [0.3, 0.4) is 0 Å². The highest BCUT2D eigenvalue weighted by Crippen LogP contribution is 2.22. The third-order valence-corrected chi connectivity index (χ3v) is 4.65. The molecule has 0 aliphatic heterocycles. The highest BCUT2D eigenvalue weighted by molar-refractivity contribution is 7.99. The van der Waals surface area contributed by atoms with Crippen LogP contribution in [0.25, 0.3) is 0 Å². The van der Waals surface area contributed by atoms with Crippen LogP contribution in [0.2, 0.25) is 0 Å². The molecular formula is C18H24N4O2S. The van der Waals surface area contributed by atoms with Crippen molar-refractivity contribution in [2.75, 3.05) is 5.75 Å². The first kappa shape index (κ1) is 19.2. The zero-order chi connectivity index (χ0) is 18.6. The highest BCUT2D eigenvalue weighted by Gasteiger charge is 2.16. The normalized spacial score (nSPS) is 11.6. The van der Waals surface area contributed by atoms with Crippen molar-refractivity contribution in [3.8, 4) is 0 Å². The minimum absolute atomic E-state index is 0.0217. The van der Waals surface area contributed by atoms with Gasteiger partial charge in [-0.3, -0.25) is 14.9 Å². The Balaban J connectivity index is 1.92. The molecule has 1 heterocycles. The Hall–Kier alpha value is -2.15. The van der Waals surface area contributed by atoms with Gasteiger partial charge in [-0.2, -0.15) is 0 Å². The number of thioether (sulfide) groups is 1. The van der Waals surface area contributed by atoms with Crippen LogP contribution in [0.1, 0.15) is 56.6 Å². The molecule has 1 N–H and O–H groups in total. The summed E-state index contributed by atoms with van der Waals surface area (Å²) >= 11 is 1.26. The number of aromatic nitrogens is 3. The second kappa shape index (κ2) is 7.82. The minimum atomic E-state index is -0.392. The molecule has 25 heavy (non-hydrogen) atoms. The largest absolute Gasteiger partial charge is 0.306 e. The summed E-state index contributed by atoms with van der Waals surface area (Å²) in [6.07, 6.45) is 1.63. The first-order chi connectivity index (χ1) is 11.7. The first-order valence-corrected chi connectivity index (χ1v) is 9.14. The van der Waals surface area contributed by atoms with Gasteiger partial charge in [-0.05, 0) is 37.0 Å². The number of hydrogen-bond donors (Lipinski definition) is 1. The maximum Gasteiger partial charge on any atom is 0.257 e. The van der Waals surface area contributed by atoms with E-state index in [0.717, 1.165) is 5.56 Å². The number of carbonyl (C=O) groups excluding carboxylic acids is 2. The quantitative estimate of drug-likeness (QED) is 0.829. The Morgan fingerprint density at radius 3 is 2.40 bits per heavy atom. The monoisotopic (exact) mass is 360 g/mol. The minimum Gasteiger partial charge on any atom is -0.306 e. The van der Waals surface area contributed by atoms with Gasteiger partial charge in [-0.1, -0.05) is 44.7 Å². The van der Waals surface area contributed by atoms with Crippen LogP contribution in [0.4, 0.5) is 0 Å². The summed E-state index contributed by atoms with van der Waals surface area (Å²) in [5.74, 6) is -0.637. The number of benzene rings is 1. The van der Waals surface area contributed by atoms with Gasteiger partial charge in [0.05, 0.1) is 5.75 Å². The lowest BCUT2D eigenvalue weighted by Gasteiger charge is -2.19. The van der Waals surface area contributed by atoms with Crippen molar-refractivity contribution < 1.29 is 9.59 Å². The van der Waals surface area contributed by atoms with Crippen molar-refractivity contribution in [3.05, 3.63) is 41.7 Å². The van der Waals surface area contributed by atoms with Crippen LogP contribution >= 0.6 is 11.8 Å². The zero-order valence-electron chi connectivity index (χ0n) is 15.2. The van der Waals surface area contributed by atoms with Gasteiger partial charge in [-0.25, -0.2) is 0 Å². The maximum atomic E-state index is 12.2. The van der Waals surface area contributed by atoms with Gasteiger partial charge in [0.25, 0.3) is 5.91 Å². The molecule has 0 aliphatic rings. The summed E-state index contributed by atoms with van der Waals surface area (Å²) in [6, 6.07) is 7.53. The van der Waals surface area contributed by atoms with Gasteiger partial charge >= 0.3 is 0 Å². The molecule has 0 fully saturated rings. The van der Waals surface area contributed by atoms with Gasteiger partial charge < -0.3 is 4.57 Å². The average Bonchev–Trinajstić information content (AvgIpc) is 3.01. The van der Waals surface area contributed by atoms with Gasteiger partial charge in [0, 0.05) is 11.6 Å². The zero-order valence-corrected chi connectivity index (χ0v) is 16.1. The molecule has 2 aromatic rings. The van der Waals surface area contributed by atoms with E-state index in [-0.39, 0.29) is 23.1 Å². The Morgan fingerprint density at radius 2 is 1.84 bits per heavy atom. The fourth-order valence-electron chi connectivity index (χ4n) is 2.18. The molecule has 0 radical (unpaired) electrons. The number of carbonyl (C=O) groups is 2. The number of amides is 2. The number of nitrogens with zero attached hydrogens (tertiary/aromatic N) is 3. The van der Waals surface area contributed by atoms with Crippen molar-refractivity contribution in [3.63, 3.8) is 0 Å². The number of imide groups is 1. The molecule has 0 atom stereocenters. The second-order valence-corrected chi connectivity index (χ2v) is 8.05. The van der Waals surface area contributed by atoms with E-state index in [1.54, 1.807) is 18.5 Å². The smallest absolute Gasteiger partial charge is 0.257 e. The predicted octanol–water partition coefficient (Wildman–Crippen LogP) is 3.21. The molecule has 0 spiro atoms. The molecule has 0 unspecified atom stereocenters. The molecule has 0 bridgehead atoms. The van der Waals surface area contributed by atoms with Crippen LogP contribution in [0.5, 0.6) is 0 Å². The molecule has 0 saturated heterocycles. The Morgan fingerprint density at radius 1 is 1.20 bits per heavy atom. The number of rotatable bonds is 5. The topological polar surface area (TPSA) is 76.9 Å².